The predicted octanol–water partition coefficient (Wildman–Crippen LogP) is 2.92. The number of amides is 1. The van der Waals surface area contributed by atoms with Crippen molar-refractivity contribution in [3.63, 3.8) is 0 Å². The molecule has 1 aliphatic heterocycles. The summed E-state index contributed by atoms with van der Waals surface area (Å²) in [6.07, 6.45) is 1.43. The first-order valence-electron chi connectivity index (χ1n) is 10.0. The van der Waals surface area contributed by atoms with E-state index in [1.807, 2.05) is 48.5 Å². The topological polar surface area (TPSA) is 67.7 Å². The van der Waals surface area contributed by atoms with Gasteiger partial charge < -0.3 is 14.5 Å². The number of carbonyl (C=O) groups excluding carboxylic acids is 1. The summed E-state index contributed by atoms with van der Waals surface area (Å²) in [6.45, 7) is 2.52. The van der Waals surface area contributed by atoms with Gasteiger partial charge in [-0.25, -0.2) is 4.98 Å². The number of benzene rings is 2. The average molecular weight is 439 g/mol. The van der Waals surface area contributed by atoms with E-state index in [4.69, 9.17) is 16.3 Å². The summed E-state index contributed by atoms with van der Waals surface area (Å²) in [7, 11) is 1.60. The zero-order valence-corrected chi connectivity index (χ0v) is 18.0. The van der Waals surface area contributed by atoms with Crippen molar-refractivity contribution in [1.82, 2.24) is 14.5 Å². The third kappa shape index (κ3) is 4.72. The molecule has 2 aromatic carbocycles. The maximum atomic E-state index is 12.7. The summed E-state index contributed by atoms with van der Waals surface area (Å²) in [6, 6.07) is 16.5. The van der Waals surface area contributed by atoms with E-state index >= 15 is 0 Å². The van der Waals surface area contributed by atoms with Crippen LogP contribution in [0.2, 0.25) is 5.02 Å². The Bertz CT molecular complexity index is 1120. The van der Waals surface area contributed by atoms with Crippen molar-refractivity contribution in [3.8, 4) is 17.0 Å². The number of piperazine rings is 1. The van der Waals surface area contributed by atoms with Crippen LogP contribution in [0.15, 0.2) is 65.7 Å². The predicted molar refractivity (Wildman–Crippen MR) is 121 cm³/mol. The highest BCUT2D eigenvalue weighted by Gasteiger charge is 2.22. The molecule has 8 heteroatoms. The molecule has 0 bridgehead atoms. The fourth-order valence-electron chi connectivity index (χ4n) is 3.61. The largest absolute Gasteiger partial charge is 0.497 e. The van der Waals surface area contributed by atoms with Gasteiger partial charge in [-0.2, -0.15) is 0 Å². The number of halogens is 1. The maximum Gasteiger partial charge on any atom is 0.254 e. The molecule has 0 aliphatic carbocycles. The van der Waals surface area contributed by atoms with Crippen molar-refractivity contribution in [3.05, 3.63) is 76.3 Å². The van der Waals surface area contributed by atoms with Crippen LogP contribution in [0.1, 0.15) is 0 Å². The first-order valence-corrected chi connectivity index (χ1v) is 10.4. The molecular weight excluding hydrogens is 416 g/mol. The first kappa shape index (κ1) is 20.9. The van der Waals surface area contributed by atoms with Gasteiger partial charge in [0.15, 0.2) is 0 Å². The molecule has 0 unspecified atom stereocenters. The Morgan fingerprint density at radius 2 is 1.77 bits per heavy atom. The Balaban J connectivity index is 1.38. The normalized spacial score (nSPS) is 13.9. The van der Waals surface area contributed by atoms with Crippen molar-refractivity contribution in [1.29, 1.82) is 0 Å². The minimum absolute atomic E-state index is 0.0270. The molecule has 0 atom stereocenters. The van der Waals surface area contributed by atoms with E-state index in [9.17, 15) is 9.59 Å². The lowest BCUT2D eigenvalue weighted by Gasteiger charge is -2.36. The number of hydrogen-bond acceptors (Lipinski definition) is 5. The molecular formula is C23H23ClN4O3. The van der Waals surface area contributed by atoms with E-state index in [0.717, 1.165) is 17.0 Å². The molecule has 1 saturated heterocycles. The molecule has 1 aliphatic rings. The number of ether oxygens (including phenoxy) is 1. The van der Waals surface area contributed by atoms with Crippen LogP contribution in [0.3, 0.4) is 0 Å². The van der Waals surface area contributed by atoms with Crippen molar-refractivity contribution in [2.45, 2.75) is 6.54 Å². The number of para-hydroxylation sites is 1. The summed E-state index contributed by atoms with van der Waals surface area (Å²) in [5, 5.41) is 0.705. The molecule has 0 radical (unpaired) electrons. The van der Waals surface area contributed by atoms with Crippen molar-refractivity contribution in [2.24, 2.45) is 0 Å². The monoisotopic (exact) mass is 438 g/mol. The summed E-state index contributed by atoms with van der Waals surface area (Å²) in [5.74, 6) is 0.636. The summed E-state index contributed by atoms with van der Waals surface area (Å²) >= 11 is 6.28. The maximum absolute atomic E-state index is 12.7. The van der Waals surface area contributed by atoms with Gasteiger partial charge in [-0.05, 0) is 36.4 Å². The standard InChI is InChI=1S/C23H23ClN4O3/c1-31-18-8-6-17(7-9-18)20-14-22(29)28(16-25-20)15-23(30)27-12-10-26(11-13-27)21-5-3-2-4-19(21)24/h2-9,14,16H,10-13,15H2,1H3. The molecule has 3 aromatic rings. The Labute approximate surface area is 185 Å². The summed E-state index contributed by atoms with van der Waals surface area (Å²) in [5.41, 5.74) is 2.09. The fourth-order valence-corrected chi connectivity index (χ4v) is 3.87. The van der Waals surface area contributed by atoms with E-state index in [2.05, 4.69) is 9.88 Å². The van der Waals surface area contributed by atoms with E-state index < -0.39 is 0 Å². The van der Waals surface area contributed by atoms with Gasteiger partial charge in [0.1, 0.15) is 12.3 Å². The molecule has 4 rings (SSSR count). The van der Waals surface area contributed by atoms with Gasteiger partial charge in [0.05, 0.1) is 29.8 Å². The Kier molecular flexibility index (Phi) is 6.23. The van der Waals surface area contributed by atoms with Gasteiger partial charge in [0, 0.05) is 37.8 Å². The highest BCUT2D eigenvalue weighted by atomic mass is 35.5. The van der Waals surface area contributed by atoms with Crippen LogP contribution in [0.4, 0.5) is 5.69 Å². The zero-order valence-electron chi connectivity index (χ0n) is 17.2. The summed E-state index contributed by atoms with van der Waals surface area (Å²) < 4.78 is 6.49. The second-order valence-electron chi connectivity index (χ2n) is 7.29. The van der Waals surface area contributed by atoms with Gasteiger partial charge >= 0.3 is 0 Å². The van der Waals surface area contributed by atoms with Crippen LogP contribution in [0.25, 0.3) is 11.3 Å². The van der Waals surface area contributed by atoms with Gasteiger partial charge in [0.2, 0.25) is 5.91 Å². The number of anilines is 1. The van der Waals surface area contributed by atoms with E-state index in [0.29, 0.717) is 36.9 Å². The SMILES string of the molecule is COc1ccc(-c2cc(=O)n(CC(=O)N3CCN(c4ccccc4Cl)CC3)cn2)cc1. The minimum Gasteiger partial charge on any atom is -0.497 e. The molecule has 2 heterocycles. The highest BCUT2D eigenvalue weighted by molar-refractivity contribution is 6.33. The second-order valence-corrected chi connectivity index (χ2v) is 7.70. The van der Waals surface area contributed by atoms with E-state index in [-0.39, 0.29) is 18.0 Å². The van der Waals surface area contributed by atoms with Gasteiger partial charge in [-0.1, -0.05) is 23.7 Å². The zero-order chi connectivity index (χ0) is 21.8. The quantitative estimate of drug-likeness (QED) is 0.612. The van der Waals surface area contributed by atoms with E-state index in [1.165, 1.54) is 17.0 Å². The molecule has 1 fully saturated rings. The molecule has 160 valence electrons. The van der Waals surface area contributed by atoms with Crippen molar-refractivity contribution >= 4 is 23.2 Å². The third-order valence-corrected chi connectivity index (χ3v) is 5.72. The molecule has 0 N–H and O–H groups in total. The van der Waals surface area contributed by atoms with Crippen LogP contribution >= 0.6 is 11.6 Å². The highest BCUT2D eigenvalue weighted by Crippen LogP contribution is 2.26. The molecule has 0 spiro atoms. The minimum atomic E-state index is -0.260. The molecule has 1 aromatic heterocycles. The Hall–Kier alpha value is -3.32. The van der Waals surface area contributed by atoms with Gasteiger partial charge in [0.25, 0.3) is 5.56 Å². The second kappa shape index (κ2) is 9.22. The number of aromatic nitrogens is 2. The molecule has 7 nitrogen and oxygen atoms in total. The third-order valence-electron chi connectivity index (χ3n) is 5.40. The van der Waals surface area contributed by atoms with Crippen molar-refractivity contribution in [2.75, 3.05) is 38.2 Å². The lowest BCUT2D eigenvalue weighted by molar-refractivity contribution is -0.132. The van der Waals surface area contributed by atoms with Gasteiger partial charge in [-0.3, -0.25) is 14.2 Å². The smallest absolute Gasteiger partial charge is 0.254 e. The van der Waals surface area contributed by atoms with Crippen LogP contribution in [0, 0.1) is 0 Å². The van der Waals surface area contributed by atoms with Crippen LogP contribution in [0.5, 0.6) is 5.75 Å². The van der Waals surface area contributed by atoms with Crippen LogP contribution in [-0.2, 0) is 11.3 Å². The lowest BCUT2D eigenvalue weighted by atomic mass is 10.1. The van der Waals surface area contributed by atoms with Crippen LogP contribution < -0.4 is 15.2 Å². The van der Waals surface area contributed by atoms with Crippen molar-refractivity contribution < 1.29 is 9.53 Å². The van der Waals surface area contributed by atoms with Gasteiger partial charge in [-0.15, -0.1) is 0 Å². The van der Waals surface area contributed by atoms with Crippen LogP contribution in [-0.4, -0.2) is 53.6 Å². The van der Waals surface area contributed by atoms with E-state index in [1.54, 1.807) is 12.0 Å². The molecule has 31 heavy (non-hydrogen) atoms. The average Bonchev–Trinajstić information content (AvgIpc) is 2.81. The summed E-state index contributed by atoms with van der Waals surface area (Å²) in [4.78, 5) is 33.6. The number of rotatable bonds is 5. The Morgan fingerprint density at radius 1 is 1.06 bits per heavy atom. The lowest BCUT2D eigenvalue weighted by Crippen LogP contribution is -2.50. The molecule has 1 amide bonds. The fraction of sp³-hybridized carbons (Fsp3) is 0.261. The number of nitrogens with zero attached hydrogens (tertiary/aromatic N) is 4. The number of methoxy groups -OCH3 is 1. The first-order chi connectivity index (χ1) is 15.0. The molecule has 0 saturated carbocycles. The Morgan fingerprint density at radius 3 is 2.42 bits per heavy atom. The number of carbonyl (C=O) groups is 1. The number of hydrogen-bond donors (Lipinski definition) is 0.